The number of anilines is 1. The van der Waals surface area contributed by atoms with Crippen molar-refractivity contribution in [3.8, 4) is 0 Å². The molecule has 26 heavy (non-hydrogen) atoms. The Kier molecular flexibility index (Phi) is 6.45. The first-order valence-electron chi connectivity index (χ1n) is 8.65. The minimum Gasteiger partial charge on any atom is -0.325 e. The number of aromatic nitrogens is 1. The maximum Gasteiger partial charge on any atom is 0.237 e. The molecule has 0 bridgehead atoms. The van der Waals surface area contributed by atoms with E-state index in [-0.39, 0.29) is 11.2 Å². The number of pyridine rings is 1. The van der Waals surface area contributed by atoms with Crippen molar-refractivity contribution in [3.63, 3.8) is 0 Å². The normalized spacial score (nSPS) is 11.7. The van der Waals surface area contributed by atoms with Crippen LogP contribution < -0.4 is 5.32 Å². The molecule has 0 radical (unpaired) electrons. The number of hydrogen-bond donors (Lipinski definition) is 1. The third kappa shape index (κ3) is 5.46. The minimum atomic E-state index is -0.105. The Morgan fingerprint density at radius 2 is 1.58 bits per heavy atom. The highest BCUT2D eigenvalue weighted by atomic mass is 32.2. The molecule has 2 aromatic carbocycles. The third-order valence-electron chi connectivity index (χ3n) is 4.09. The van der Waals surface area contributed by atoms with Crippen LogP contribution >= 0.6 is 11.8 Å². The maximum absolute atomic E-state index is 12.4. The topological polar surface area (TPSA) is 42.0 Å². The molecule has 3 rings (SSSR count). The lowest BCUT2D eigenvalue weighted by molar-refractivity contribution is -0.115. The fraction of sp³-hybridized carbons (Fsp3) is 0.182. The summed E-state index contributed by atoms with van der Waals surface area (Å²) in [5.41, 5.74) is 4.50. The van der Waals surface area contributed by atoms with Crippen molar-refractivity contribution >= 4 is 23.4 Å². The molecule has 4 heteroatoms. The molecule has 0 spiro atoms. The van der Waals surface area contributed by atoms with E-state index in [1.54, 1.807) is 24.2 Å². The van der Waals surface area contributed by atoms with Gasteiger partial charge in [0.25, 0.3) is 0 Å². The molecule has 0 aliphatic heterocycles. The molecule has 3 nitrogen and oxygen atoms in total. The molecule has 0 aliphatic rings. The van der Waals surface area contributed by atoms with Crippen LogP contribution in [0.1, 0.15) is 23.6 Å². The van der Waals surface area contributed by atoms with Crippen LogP contribution in [0.4, 0.5) is 5.69 Å². The van der Waals surface area contributed by atoms with Gasteiger partial charge in [0.15, 0.2) is 0 Å². The number of carbonyl (C=O) groups excluding carboxylic acids is 1. The van der Waals surface area contributed by atoms with Crippen LogP contribution in [0.2, 0.25) is 0 Å². The SMILES string of the molecule is C[C@@H](SCc1ccccc1)C(=O)Nc1ccc(Cc2ccncc2)cc1. The van der Waals surface area contributed by atoms with Gasteiger partial charge in [0.1, 0.15) is 0 Å². The van der Waals surface area contributed by atoms with Crippen molar-refractivity contribution in [2.24, 2.45) is 0 Å². The summed E-state index contributed by atoms with van der Waals surface area (Å²) < 4.78 is 0. The summed E-state index contributed by atoms with van der Waals surface area (Å²) in [5.74, 6) is 0.869. The minimum absolute atomic E-state index is 0.0350. The van der Waals surface area contributed by atoms with E-state index in [2.05, 4.69) is 34.6 Å². The van der Waals surface area contributed by atoms with Crippen molar-refractivity contribution in [1.29, 1.82) is 0 Å². The van der Waals surface area contributed by atoms with Gasteiger partial charge in [-0.1, -0.05) is 42.5 Å². The van der Waals surface area contributed by atoms with E-state index in [1.807, 2.05) is 49.4 Å². The molecule has 3 aromatic rings. The van der Waals surface area contributed by atoms with Crippen LogP contribution in [-0.4, -0.2) is 16.1 Å². The van der Waals surface area contributed by atoms with Crippen LogP contribution in [0.15, 0.2) is 79.1 Å². The molecular weight excluding hydrogens is 340 g/mol. The number of nitrogens with zero attached hydrogens (tertiary/aromatic N) is 1. The summed E-state index contributed by atoms with van der Waals surface area (Å²) in [4.78, 5) is 16.4. The number of carbonyl (C=O) groups is 1. The average Bonchev–Trinajstić information content (AvgIpc) is 2.69. The molecule has 132 valence electrons. The molecule has 0 saturated carbocycles. The fourth-order valence-electron chi connectivity index (χ4n) is 2.56. The van der Waals surface area contributed by atoms with Crippen LogP contribution in [0, 0.1) is 0 Å². The van der Waals surface area contributed by atoms with Crippen molar-refractivity contribution in [2.75, 3.05) is 5.32 Å². The second-order valence-electron chi connectivity index (χ2n) is 6.16. The number of nitrogens with one attached hydrogen (secondary N) is 1. The predicted molar refractivity (Wildman–Crippen MR) is 109 cm³/mol. The van der Waals surface area contributed by atoms with Crippen molar-refractivity contribution < 1.29 is 4.79 Å². The van der Waals surface area contributed by atoms with Crippen molar-refractivity contribution in [3.05, 3.63) is 95.8 Å². The van der Waals surface area contributed by atoms with Crippen LogP contribution in [0.5, 0.6) is 0 Å². The van der Waals surface area contributed by atoms with Gasteiger partial charge in [-0.3, -0.25) is 9.78 Å². The Hall–Kier alpha value is -2.59. The van der Waals surface area contributed by atoms with Crippen LogP contribution in [0.3, 0.4) is 0 Å². The monoisotopic (exact) mass is 362 g/mol. The Morgan fingerprint density at radius 1 is 0.923 bits per heavy atom. The molecular formula is C22H22N2OS. The highest BCUT2D eigenvalue weighted by Gasteiger charge is 2.13. The Bertz CT molecular complexity index is 820. The zero-order valence-electron chi connectivity index (χ0n) is 14.8. The zero-order chi connectivity index (χ0) is 18.2. The molecule has 1 amide bonds. The van der Waals surface area contributed by atoms with Crippen molar-refractivity contribution in [1.82, 2.24) is 4.98 Å². The smallest absolute Gasteiger partial charge is 0.237 e. The first-order chi connectivity index (χ1) is 12.7. The summed E-state index contributed by atoms with van der Waals surface area (Å²) in [6.45, 7) is 1.95. The molecule has 0 aliphatic carbocycles. The van der Waals surface area contributed by atoms with E-state index in [1.165, 1.54) is 16.7 Å². The number of benzene rings is 2. The first kappa shape index (κ1) is 18.2. The second kappa shape index (κ2) is 9.20. The van der Waals surface area contributed by atoms with Gasteiger partial charge in [0.2, 0.25) is 5.91 Å². The molecule has 1 N–H and O–H groups in total. The van der Waals surface area contributed by atoms with E-state index < -0.39 is 0 Å². The van der Waals surface area contributed by atoms with Gasteiger partial charge in [-0.05, 0) is 54.3 Å². The van der Waals surface area contributed by atoms with Gasteiger partial charge in [-0.25, -0.2) is 0 Å². The number of rotatable bonds is 7. The van der Waals surface area contributed by atoms with E-state index in [9.17, 15) is 4.79 Å². The van der Waals surface area contributed by atoms with Crippen LogP contribution in [0.25, 0.3) is 0 Å². The summed E-state index contributed by atoms with van der Waals surface area (Å²) in [7, 11) is 0. The summed E-state index contributed by atoms with van der Waals surface area (Å²) >= 11 is 1.64. The van der Waals surface area contributed by atoms with Gasteiger partial charge < -0.3 is 5.32 Å². The maximum atomic E-state index is 12.4. The third-order valence-corrected chi connectivity index (χ3v) is 5.31. The highest BCUT2D eigenvalue weighted by molar-refractivity contribution is 7.99. The number of thioether (sulfide) groups is 1. The standard InChI is InChI=1S/C22H22N2OS/c1-17(26-16-20-5-3-2-4-6-20)22(25)24-21-9-7-18(8-10-21)15-19-11-13-23-14-12-19/h2-14,17H,15-16H2,1H3,(H,24,25)/t17-/m1/s1. The van der Waals surface area contributed by atoms with E-state index in [0.717, 1.165) is 17.9 Å². The molecule has 0 saturated heterocycles. The lowest BCUT2D eigenvalue weighted by Crippen LogP contribution is -2.22. The van der Waals surface area contributed by atoms with E-state index in [0.29, 0.717) is 0 Å². The lowest BCUT2D eigenvalue weighted by Gasteiger charge is -2.12. The summed E-state index contributed by atoms with van der Waals surface area (Å²) in [6, 6.07) is 22.3. The Labute approximate surface area is 158 Å². The fourth-order valence-corrected chi connectivity index (χ4v) is 3.40. The highest BCUT2D eigenvalue weighted by Crippen LogP contribution is 2.20. The molecule has 1 aromatic heterocycles. The molecule has 1 heterocycles. The molecule has 0 unspecified atom stereocenters. The van der Waals surface area contributed by atoms with Gasteiger partial charge >= 0.3 is 0 Å². The van der Waals surface area contributed by atoms with Gasteiger partial charge in [0.05, 0.1) is 5.25 Å². The molecule has 0 fully saturated rings. The second-order valence-corrected chi connectivity index (χ2v) is 7.49. The summed E-state index contributed by atoms with van der Waals surface area (Å²) in [5, 5.41) is 2.89. The van der Waals surface area contributed by atoms with E-state index >= 15 is 0 Å². The van der Waals surface area contributed by atoms with Gasteiger partial charge in [-0.2, -0.15) is 0 Å². The largest absolute Gasteiger partial charge is 0.325 e. The number of amides is 1. The van der Waals surface area contributed by atoms with Gasteiger partial charge in [-0.15, -0.1) is 11.8 Å². The zero-order valence-corrected chi connectivity index (χ0v) is 15.6. The summed E-state index contributed by atoms with van der Waals surface area (Å²) in [6.07, 6.45) is 4.47. The lowest BCUT2D eigenvalue weighted by atomic mass is 10.1. The molecule has 1 atom stereocenters. The quantitative estimate of drug-likeness (QED) is 0.648. The Morgan fingerprint density at radius 3 is 2.27 bits per heavy atom. The van der Waals surface area contributed by atoms with Gasteiger partial charge in [0, 0.05) is 23.8 Å². The van der Waals surface area contributed by atoms with E-state index in [4.69, 9.17) is 0 Å². The Balaban J connectivity index is 1.50. The predicted octanol–water partition coefficient (Wildman–Crippen LogP) is 4.93. The van der Waals surface area contributed by atoms with Crippen molar-refractivity contribution in [2.45, 2.75) is 24.3 Å². The first-order valence-corrected chi connectivity index (χ1v) is 9.70. The average molecular weight is 362 g/mol. The van der Waals surface area contributed by atoms with Crippen LogP contribution in [-0.2, 0) is 17.0 Å². The number of hydrogen-bond acceptors (Lipinski definition) is 3.